The van der Waals surface area contributed by atoms with Gasteiger partial charge >= 0.3 is 0 Å². The van der Waals surface area contributed by atoms with E-state index in [9.17, 15) is 9.18 Å². The molecule has 32 heavy (non-hydrogen) atoms. The molecule has 1 aromatic carbocycles. The molecule has 3 aliphatic rings. The molecular formula is C23H30FN7O. The minimum Gasteiger partial charge on any atom is -0.354 e. The molecule has 3 unspecified atom stereocenters. The standard InChI is InChI=1S/C23H30FN7O/c1-3-29-9-11-30(12-10-29)19-8-7-16(14-25-19)21-22-18(26-27-21)13-20(32)31(28-22)23-15(2)5-4-6-17(23)24/h4-8,14,18,21-22,26-28H,3,9-13H2,1-2H3. The molecule has 3 fully saturated rings. The number of hydrazine groups is 2. The van der Waals surface area contributed by atoms with Gasteiger partial charge in [0.05, 0.1) is 17.8 Å². The fourth-order valence-electron chi connectivity index (χ4n) is 4.90. The van der Waals surface area contributed by atoms with Gasteiger partial charge in [0.2, 0.25) is 5.91 Å². The highest BCUT2D eigenvalue weighted by Crippen LogP contribution is 2.32. The maximum absolute atomic E-state index is 14.6. The Morgan fingerprint density at radius 3 is 2.62 bits per heavy atom. The number of likely N-dealkylation sites (N-methyl/N-ethyl adjacent to an activating group) is 1. The van der Waals surface area contributed by atoms with Crippen molar-refractivity contribution in [3.05, 3.63) is 53.5 Å². The largest absolute Gasteiger partial charge is 0.354 e. The van der Waals surface area contributed by atoms with E-state index in [1.807, 2.05) is 19.2 Å². The minimum atomic E-state index is -0.408. The molecule has 3 aliphatic heterocycles. The number of fused-ring (bicyclic) bond motifs is 1. The van der Waals surface area contributed by atoms with Gasteiger partial charge in [0.25, 0.3) is 0 Å². The molecule has 3 atom stereocenters. The summed E-state index contributed by atoms with van der Waals surface area (Å²) in [7, 11) is 0. The number of rotatable bonds is 4. The predicted molar refractivity (Wildman–Crippen MR) is 122 cm³/mol. The van der Waals surface area contributed by atoms with E-state index in [2.05, 4.69) is 45.1 Å². The van der Waals surface area contributed by atoms with Crippen LogP contribution in [0.5, 0.6) is 0 Å². The average Bonchev–Trinajstić information content (AvgIpc) is 3.22. The fraction of sp³-hybridized carbons (Fsp3) is 0.478. The molecule has 4 heterocycles. The number of anilines is 2. The van der Waals surface area contributed by atoms with Gasteiger partial charge in [-0.25, -0.2) is 25.2 Å². The first-order chi connectivity index (χ1) is 15.5. The Labute approximate surface area is 187 Å². The van der Waals surface area contributed by atoms with E-state index in [-0.39, 0.29) is 30.5 Å². The monoisotopic (exact) mass is 439 g/mol. The normalized spacial score (nSPS) is 26.5. The number of carbonyl (C=O) groups is 1. The van der Waals surface area contributed by atoms with Crippen molar-refractivity contribution in [1.82, 2.24) is 26.2 Å². The van der Waals surface area contributed by atoms with E-state index in [4.69, 9.17) is 4.98 Å². The second-order valence-corrected chi connectivity index (χ2v) is 8.74. The number of nitrogens with zero attached hydrogens (tertiary/aromatic N) is 4. The van der Waals surface area contributed by atoms with Crippen LogP contribution in [0.2, 0.25) is 0 Å². The van der Waals surface area contributed by atoms with Gasteiger partial charge in [-0.05, 0) is 36.7 Å². The lowest BCUT2D eigenvalue weighted by molar-refractivity contribution is -0.121. The number of aromatic nitrogens is 1. The molecule has 0 spiro atoms. The number of hydrogen-bond acceptors (Lipinski definition) is 7. The van der Waals surface area contributed by atoms with E-state index in [1.54, 1.807) is 6.07 Å². The highest BCUT2D eigenvalue weighted by Gasteiger charge is 2.44. The first kappa shape index (κ1) is 21.3. The second kappa shape index (κ2) is 8.74. The summed E-state index contributed by atoms with van der Waals surface area (Å²) in [6.45, 7) is 9.17. The smallest absolute Gasteiger partial charge is 0.243 e. The van der Waals surface area contributed by atoms with Gasteiger partial charge in [-0.15, -0.1) is 0 Å². The van der Waals surface area contributed by atoms with Crippen molar-refractivity contribution in [1.29, 1.82) is 0 Å². The lowest BCUT2D eigenvalue weighted by Gasteiger charge is -2.37. The Kier molecular flexibility index (Phi) is 5.81. The Morgan fingerprint density at radius 2 is 1.94 bits per heavy atom. The summed E-state index contributed by atoms with van der Waals surface area (Å²) in [5.41, 5.74) is 11.8. The number of hydrogen-bond donors (Lipinski definition) is 3. The number of halogens is 1. The molecule has 0 radical (unpaired) electrons. The van der Waals surface area contributed by atoms with Crippen molar-refractivity contribution in [2.24, 2.45) is 0 Å². The predicted octanol–water partition coefficient (Wildman–Crippen LogP) is 1.50. The van der Waals surface area contributed by atoms with E-state index in [0.29, 0.717) is 11.3 Å². The Balaban J connectivity index is 1.33. The highest BCUT2D eigenvalue weighted by atomic mass is 19.1. The van der Waals surface area contributed by atoms with Crippen LogP contribution in [-0.4, -0.2) is 60.6 Å². The summed E-state index contributed by atoms with van der Waals surface area (Å²) in [4.78, 5) is 22.2. The van der Waals surface area contributed by atoms with Crippen LogP contribution in [0.4, 0.5) is 15.9 Å². The molecule has 1 aromatic heterocycles. The maximum Gasteiger partial charge on any atom is 0.243 e. The van der Waals surface area contributed by atoms with Gasteiger partial charge in [0.15, 0.2) is 0 Å². The zero-order chi connectivity index (χ0) is 22.2. The molecular weight excluding hydrogens is 409 g/mol. The van der Waals surface area contributed by atoms with Crippen molar-refractivity contribution in [3.63, 3.8) is 0 Å². The van der Waals surface area contributed by atoms with Gasteiger partial charge < -0.3 is 9.80 Å². The average molecular weight is 440 g/mol. The Hall–Kier alpha value is -2.59. The highest BCUT2D eigenvalue weighted by molar-refractivity contribution is 5.94. The van der Waals surface area contributed by atoms with Crippen LogP contribution in [0.1, 0.15) is 30.5 Å². The summed E-state index contributed by atoms with van der Waals surface area (Å²) in [5.74, 6) is 0.422. The van der Waals surface area contributed by atoms with Crippen LogP contribution in [0, 0.1) is 12.7 Å². The number of para-hydroxylation sites is 1. The lowest BCUT2D eigenvalue weighted by atomic mass is 9.94. The second-order valence-electron chi connectivity index (χ2n) is 8.74. The zero-order valence-electron chi connectivity index (χ0n) is 18.5. The summed E-state index contributed by atoms with van der Waals surface area (Å²) >= 11 is 0. The quantitative estimate of drug-likeness (QED) is 0.667. The molecule has 0 bridgehead atoms. The van der Waals surface area contributed by atoms with Crippen molar-refractivity contribution >= 4 is 17.4 Å². The third kappa shape index (κ3) is 3.86. The van der Waals surface area contributed by atoms with Gasteiger partial charge in [-0.1, -0.05) is 25.1 Å². The van der Waals surface area contributed by atoms with Gasteiger partial charge in [0.1, 0.15) is 11.6 Å². The van der Waals surface area contributed by atoms with E-state index >= 15 is 0 Å². The third-order valence-corrected chi connectivity index (χ3v) is 6.82. The Morgan fingerprint density at radius 1 is 1.12 bits per heavy atom. The van der Waals surface area contributed by atoms with Crippen molar-refractivity contribution < 1.29 is 9.18 Å². The number of carbonyl (C=O) groups excluding carboxylic acids is 1. The van der Waals surface area contributed by atoms with Crippen LogP contribution >= 0.6 is 0 Å². The Bertz CT molecular complexity index is 957. The van der Waals surface area contributed by atoms with Gasteiger partial charge in [-0.2, -0.15) is 0 Å². The topological polar surface area (TPSA) is 75.8 Å². The van der Waals surface area contributed by atoms with Crippen LogP contribution in [0.15, 0.2) is 36.5 Å². The number of aryl methyl sites for hydroxylation is 1. The van der Waals surface area contributed by atoms with Crippen LogP contribution in [0.3, 0.4) is 0 Å². The van der Waals surface area contributed by atoms with Crippen LogP contribution < -0.4 is 26.2 Å². The van der Waals surface area contributed by atoms with E-state index < -0.39 is 5.82 Å². The molecule has 1 amide bonds. The third-order valence-electron chi connectivity index (χ3n) is 6.82. The summed E-state index contributed by atoms with van der Waals surface area (Å²) in [6, 6.07) is 8.71. The van der Waals surface area contributed by atoms with Crippen LogP contribution in [-0.2, 0) is 4.79 Å². The molecule has 9 heteroatoms. The minimum absolute atomic E-state index is 0.0855. The van der Waals surface area contributed by atoms with Crippen molar-refractivity contribution in [2.45, 2.75) is 38.4 Å². The number of nitrogens with one attached hydrogen (secondary N) is 3. The fourth-order valence-corrected chi connectivity index (χ4v) is 4.90. The molecule has 0 aliphatic carbocycles. The van der Waals surface area contributed by atoms with Crippen LogP contribution in [0.25, 0.3) is 0 Å². The van der Waals surface area contributed by atoms with E-state index in [0.717, 1.165) is 44.1 Å². The maximum atomic E-state index is 14.6. The SMILES string of the molecule is CCN1CCN(c2ccc(C3NNC4CC(=O)N(c5c(C)cccc5F)NC43)cn2)CC1. The molecule has 8 nitrogen and oxygen atoms in total. The summed E-state index contributed by atoms with van der Waals surface area (Å²) in [5, 5.41) is 1.38. The van der Waals surface area contributed by atoms with Crippen molar-refractivity contribution in [2.75, 3.05) is 42.6 Å². The number of pyridine rings is 1. The zero-order valence-corrected chi connectivity index (χ0v) is 18.5. The van der Waals surface area contributed by atoms with Gasteiger partial charge in [-0.3, -0.25) is 10.2 Å². The van der Waals surface area contributed by atoms with Crippen molar-refractivity contribution in [3.8, 4) is 0 Å². The number of benzene rings is 1. The molecule has 2 aromatic rings. The summed E-state index contributed by atoms with van der Waals surface area (Å²) < 4.78 is 14.6. The molecule has 0 saturated carbocycles. The number of piperazine rings is 1. The first-order valence-corrected chi connectivity index (χ1v) is 11.3. The molecule has 3 N–H and O–H groups in total. The van der Waals surface area contributed by atoms with E-state index in [1.165, 1.54) is 11.1 Å². The molecule has 3 saturated heterocycles. The first-order valence-electron chi connectivity index (χ1n) is 11.3. The molecule has 5 rings (SSSR count). The number of amides is 1. The summed E-state index contributed by atoms with van der Waals surface area (Å²) in [6.07, 6.45) is 2.18. The van der Waals surface area contributed by atoms with Gasteiger partial charge in [0, 0.05) is 44.8 Å². The lowest BCUT2D eigenvalue weighted by Crippen LogP contribution is -2.60. The molecule has 170 valence electrons.